The van der Waals surface area contributed by atoms with Gasteiger partial charge in [-0.05, 0) is 62.4 Å². The number of carbonyl (C=O) groups is 1. The van der Waals surface area contributed by atoms with Crippen molar-refractivity contribution in [1.82, 2.24) is 10.2 Å². The molecule has 0 radical (unpaired) electrons. The summed E-state index contributed by atoms with van der Waals surface area (Å²) < 4.78 is 36.6. The molecule has 1 atom stereocenters. The van der Waals surface area contributed by atoms with Gasteiger partial charge in [-0.1, -0.05) is 12.1 Å². The van der Waals surface area contributed by atoms with Crippen LogP contribution in [0.15, 0.2) is 24.3 Å². The molecule has 2 fully saturated rings. The van der Waals surface area contributed by atoms with Gasteiger partial charge in [0.15, 0.2) is 14.6 Å². The summed E-state index contributed by atoms with van der Waals surface area (Å²) >= 11 is 0. The fraction of sp³-hybridized carbons (Fsp3) is 0.632. The normalized spacial score (nSPS) is 22.4. The van der Waals surface area contributed by atoms with Crippen molar-refractivity contribution in [1.29, 1.82) is 0 Å². The summed E-state index contributed by atoms with van der Waals surface area (Å²) in [4.78, 5) is 14.8. The van der Waals surface area contributed by atoms with Gasteiger partial charge in [-0.3, -0.25) is 4.79 Å². The van der Waals surface area contributed by atoms with Gasteiger partial charge in [0.25, 0.3) is 0 Å². The second kappa shape index (κ2) is 7.85. The lowest BCUT2D eigenvalue weighted by molar-refractivity contribution is -0.136. The Morgan fingerprint density at radius 2 is 1.78 bits per heavy atom. The average Bonchev–Trinajstić information content (AvgIpc) is 2.67. The topological polar surface area (TPSA) is 86.7 Å². The van der Waals surface area contributed by atoms with Crippen LogP contribution in [0.3, 0.4) is 0 Å². The zero-order chi connectivity index (χ0) is 19.7. The highest BCUT2D eigenvalue weighted by molar-refractivity contribution is 7.92. The van der Waals surface area contributed by atoms with Crippen molar-refractivity contribution in [2.24, 2.45) is 5.92 Å². The molecule has 2 heterocycles. The molecule has 27 heavy (non-hydrogen) atoms. The molecule has 1 unspecified atom stereocenters. The van der Waals surface area contributed by atoms with Crippen LogP contribution < -0.4 is 5.32 Å². The maximum Gasteiger partial charge on any atom is 0.244 e. The molecule has 8 heteroatoms. The van der Waals surface area contributed by atoms with Crippen molar-refractivity contribution in [2.75, 3.05) is 32.4 Å². The molecule has 2 N–H and O–H groups in total. The number of carbonyl (C=O) groups excluding carboxylic acids is 1. The molecule has 2 saturated heterocycles. The van der Waals surface area contributed by atoms with E-state index < -0.39 is 20.7 Å². The number of benzene rings is 1. The fourth-order valence-corrected chi connectivity index (χ4v) is 5.60. The molecule has 2 aliphatic heterocycles. The summed E-state index contributed by atoms with van der Waals surface area (Å²) in [6.45, 7) is 1.87. The number of sulfone groups is 1. The van der Waals surface area contributed by atoms with Crippen molar-refractivity contribution in [2.45, 2.75) is 36.5 Å². The Bertz CT molecular complexity index is 767. The van der Waals surface area contributed by atoms with Crippen LogP contribution in [0.5, 0.6) is 0 Å². The average molecular weight is 399 g/mol. The fourth-order valence-electron chi connectivity index (χ4n) is 4.21. The van der Waals surface area contributed by atoms with E-state index in [4.69, 9.17) is 0 Å². The lowest BCUT2D eigenvalue weighted by Gasteiger charge is -2.41. The van der Waals surface area contributed by atoms with Gasteiger partial charge in [0.05, 0.1) is 6.10 Å². The Balaban J connectivity index is 1.67. The first kappa shape index (κ1) is 20.2. The predicted molar refractivity (Wildman–Crippen MR) is 100 cm³/mol. The van der Waals surface area contributed by atoms with Crippen molar-refractivity contribution >= 4 is 15.7 Å². The minimum absolute atomic E-state index is 0.0401. The van der Waals surface area contributed by atoms with Gasteiger partial charge in [-0.15, -0.1) is 0 Å². The molecule has 0 spiro atoms. The van der Waals surface area contributed by atoms with Gasteiger partial charge in [-0.25, -0.2) is 12.8 Å². The van der Waals surface area contributed by atoms with Crippen molar-refractivity contribution in [3.63, 3.8) is 0 Å². The first-order chi connectivity index (χ1) is 12.7. The van der Waals surface area contributed by atoms with E-state index in [1.807, 2.05) is 0 Å². The zero-order valence-electron chi connectivity index (χ0n) is 15.5. The zero-order valence-corrected chi connectivity index (χ0v) is 16.3. The number of aliphatic hydroxyl groups is 1. The number of likely N-dealkylation sites (tertiary alicyclic amines) is 1. The molecule has 1 amide bonds. The molecule has 150 valence electrons. The maximum atomic E-state index is 13.1. The monoisotopic (exact) mass is 398 g/mol. The van der Waals surface area contributed by atoms with Gasteiger partial charge in [0, 0.05) is 19.3 Å². The standard InChI is InChI=1S/C19H27FN2O4S/c1-27(25,26)19(8-10-21-11-9-19)18(24)22-12-6-15(7-13-22)17(23)14-2-4-16(20)5-3-14/h2-5,15,17,21,23H,6-13H2,1H3. The number of hydrogen-bond acceptors (Lipinski definition) is 5. The Morgan fingerprint density at radius 3 is 2.30 bits per heavy atom. The molecule has 0 saturated carbocycles. The summed E-state index contributed by atoms with van der Waals surface area (Å²) in [6.07, 6.45) is 2.20. The molecule has 6 nitrogen and oxygen atoms in total. The van der Waals surface area contributed by atoms with Crippen molar-refractivity contribution in [3.8, 4) is 0 Å². The van der Waals surface area contributed by atoms with Crippen molar-refractivity contribution in [3.05, 3.63) is 35.6 Å². The van der Waals surface area contributed by atoms with E-state index in [-0.39, 0.29) is 17.6 Å². The Kier molecular flexibility index (Phi) is 5.88. The lowest BCUT2D eigenvalue weighted by Crippen LogP contribution is -2.59. The van der Waals surface area contributed by atoms with Gasteiger partial charge in [0.2, 0.25) is 5.91 Å². The van der Waals surface area contributed by atoms with Crippen molar-refractivity contribution < 1.29 is 22.7 Å². The molecule has 3 rings (SSSR count). The van der Waals surface area contributed by atoms with E-state index in [9.17, 15) is 22.7 Å². The second-order valence-electron chi connectivity index (χ2n) is 7.64. The second-order valence-corrected chi connectivity index (χ2v) is 9.97. The van der Waals surface area contributed by atoms with E-state index in [0.29, 0.717) is 57.4 Å². The Labute approximate surface area is 159 Å². The molecular weight excluding hydrogens is 371 g/mol. The largest absolute Gasteiger partial charge is 0.388 e. The number of hydrogen-bond donors (Lipinski definition) is 2. The van der Waals surface area contributed by atoms with E-state index in [2.05, 4.69) is 5.32 Å². The number of halogens is 1. The minimum Gasteiger partial charge on any atom is -0.388 e. The van der Waals surface area contributed by atoms with Crippen LogP contribution in [0.4, 0.5) is 4.39 Å². The van der Waals surface area contributed by atoms with Gasteiger partial charge < -0.3 is 15.3 Å². The smallest absolute Gasteiger partial charge is 0.244 e. The van der Waals surface area contributed by atoms with E-state index in [1.165, 1.54) is 12.1 Å². The van der Waals surface area contributed by atoms with E-state index in [1.54, 1.807) is 17.0 Å². The van der Waals surface area contributed by atoms with Crippen LogP contribution >= 0.6 is 0 Å². The summed E-state index contributed by atoms with van der Waals surface area (Å²) in [5.41, 5.74) is 0.659. The highest BCUT2D eigenvalue weighted by Crippen LogP contribution is 2.35. The Hall–Kier alpha value is -1.51. The third-order valence-corrected chi connectivity index (χ3v) is 8.00. The SMILES string of the molecule is CS(=O)(=O)C1(C(=O)N2CCC(C(O)c3ccc(F)cc3)CC2)CCNCC1. The summed E-state index contributed by atoms with van der Waals surface area (Å²) in [6, 6.07) is 5.80. The number of nitrogens with one attached hydrogen (secondary N) is 1. The molecule has 0 aliphatic carbocycles. The maximum absolute atomic E-state index is 13.1. The number of piperidine rings is 2. The van der Waals surface area contributed by atoms with Gasteiger partial charge in [-0.2, -0.15) is 0 Å². The van der Waals surface area contributed by atoms with Crippen LogP contribution in [-0.4, -0.2) is 61.5 Å². The first-order valence-corrected chi connectivity index (χ1v) is 11.3. The quantitative estimate of drug-likeness (QED) is 0.798. The van der Waals surface area contributed by atoms with Crippen LogP contribution in [0.25, 0.3) is 0 Å². The van der Waals surface area contributed by atoms with Crippen LogP contribution in [0.1, 0.15) is 37.4 Å². The van der Waals surface area contributed by atoms with E-state index >= 15 is 0 Å². The van der Waals surface area contributed by atoms with Gasteiger partial charge >= 0.3 is 0 Å². The molecular formula is C19H27FN2O4S. The van der Waals surface area contributed by atoms with Crippen LogP contribution in [-0.2, 0) is 14.6 Å². The number of nitrogens with zero attached hydrogens (tertiary/aromatic N) is 1. The predicted octanol–water partition coefficient (Wildman–Crippen LogP) is 1.26. The third-order valence-electron chi connectivity index (χ3n) is 6.00. The summed E-state index contributed by atoms with van der Waals surface area (Å²) in [7, 11) is -3.53. The lowest BCUT2D eigenvalue weighted by atomic mass is 9.86. The Morgan fingerprint density at radius 1 is 1.22 bits per heavy atom. The molecule has 2 aliphatic rings. The number of rotatable bonds is 4. The summed E-state index contributed by atoms with van der Waals surface area (Å²) in [5.74, 6) is -0.692. The highest BCUT2D eigenvalue weighted by atomic mass is 32.2. The molecule has 1 aromatic carbocycles. The molecule has 1 aromatic rings. The molecule has 0 bridgehead atoms. The highest BCUT2D eigenvalue weighted by Gasteiger charge is 2.50. The minimum atomic E-state index is -3.53. The third kappa shape index (κ3) is 4.02. The number of amides is 1. The first-order valence-electron chi connectivity index (χ1n) is 9.38. The van der Waals surface area contributed by atoms with Crippen LogP contribution in [0, 0.1) is 11.7 Å². The van der Waals surface area contributed by atoms with Gasteiger partial charge in [0.1, 0.15) is 5.82 Å². The molecule has 0 aromatic heterocycles. The van der Waals surface area contributed by atoms with E-state index in [0.717, 1.165) is 6.26 Å². The van der Waals surface area contributed by atoms with Crippen LogP contribution in [0.2, 0.25) is 0 Å². The summed E-state index contributed by atoms with van der Waals surface area (Å²) in [5, 5.41) is 13.7. The number of aliphatic hydroxyl groups excluding tert-OH is 1.